The maximum atomic E-state index is 12.9. The van der Waals surface area contributed by atoms with Crippen molar-refractivity contribution in [3.63, 3.8) is 0 Å². The Morgan fingerprint density at radius 3 is 2.66 bits per heavy atom. The number of benzene rings is 2. The highest BCUT2D eigenvalue weighted by Gasteiger charge is 2.23. The molecule has 0 spiro atoms. The fourth-order valence-electron chi connectivity index (χ4n) is 4.45. The van der Waals surface area contributed by atoms with Crippen molar-refractivity contribution in [1.29, 1.82) is 0 Å². The van der Waals surface area contributed by atoms with Gasteiger partial charge in [-0.1, -0.05) is 12.1 Å². The molecule has 4 rings (SSSR count). The number of anilines is 1. The number of carbonyl (C=O) groups excluding carboxylic acids is 1. The quantitative estimate of drug-likeness (QED) is 0.434. The first-order valence-corrected chi connectivity index (χ1v) is 11.5. The molecular weight excluding hydrogens is 402 g/mol. The van der Waals surface area contributed by atoms with E-state index in [1.165, 1.54) is 18.4 Å². The van der Waals surface area contributed by atoms with Crippen molar-refractivity contribution in [2.45, 2.75) is 53.4 Å². The molecule has 0 atom stereocenters. The van der Waals surface area contributed by atoms with Crippen LogP contribution in [0.3, 0.4) is 0 Å². The Balaban J connectivity index is 1.72. The van der Waals surface area contributed by atoms with Crippen molar-refractivity contribution in [2.75, 3.05) is 18.5 Å². The van der Waals surface area contributed by atoms with Gasteiger partial charge in [0, 0.05) is 34.6 Å². The van der Waals surface area contributed by atoms with Gasteiger partial charge in [-0.05, 0) is 70.7 Å². The summed E-state index contributed by atoms with van der Waals surface area (Å²) in [5.74, 6) is 2.33. The number of allylic oxidation sites excluding steroid dienone is 1. The van der Waals surface area contributed by atoms with Crippen LogP contribution in [0.15, 0.2) is 40.8 Å². The van der Waals surface area contributed by atoms with Crippen LogP contribution in [0.25, 0.3) is 16.5 Å². The molecule has 168 valence electrons. The molecule has 0 bridgehead atoms. The summed E-state index contributed by atoms with van der Waals surface area (Å²) >= 11 is 0. The molecule has 0 aliphatic heterocycles. The fourth-order valence-corrected chi connectivity index (χ4v) is 4.45. The van der Waals surface area contributed by atoms with Gasteiger partial charge in [-0.25, -0.2) is 0 Å². The molecule has 0 unspecified atom stereocenters. The number of aryl methyl sites for hydroxylation is 3. The van der Waals surface area contributed by atoms with Crippen LogP contribution in [0.1, 0.15) is 56.1 Å². The third-order valence-electron chi connectivity index (χ3n) is 5.93. The second-order valence-electron chi connectivity index (χ2n) is 8.14. The van der Waals surface area contributed by atoms with Crippen molar-refractivity contribution < 1.29 is 18.7 Å². The summed E-state index contributed by atoms with van der Waals surface area (Å²) in [4.78, 5) is 12.9. The number of furan rings is 1. The van der Waals surface area contributed by atoms with Gasteiger partial charge < -0.3 is 19.2 Å². The highest BCUT2D eigenvalue weighted by Crippen LogP contribution is 2.41. The van der Waals surface area contributed by atoms with Gasteiger partial charge in [-0.3, -0.25) is 4.79 Å². The highest BCUT2D eigenvalue weighted by molar-refractivity contribution is 6.05. The van der Waals surface area contributed by atoms with Gasteiger partial charge >= 0.3 is 0 Å². The van der Waals surface area contributed by atoms with Crippen LogP contribution in [-0.4, -0.2) is 19.1 Å². The van der Waals surface area contributed by atoms with E-state index in [0.29, 0.717) is 24.7 Å². The van der Waals surface area contributed by atoms with Gasteiger partial charge in [-0.2, -0.15) is 0 Å². The van der Waals surface area contributed by atoms with E-state index in [2.05, 4.69) is 11.4 Å². The lowest BCUT2D eigenvalue weighted by atomic mass is 9.93. The topological polar surface area (TPSA) is 60.7 Å². The number of para-hydroxylation sites is 2. The summed E-state index contributed by atoms with van der Waals surface area (Å²) in [5.41, 5.74) is 5.64. The molecule has 1 amide bonds. The van der Waals surface area contributed by atoms with E-state index >= 15 is 0 Å². The number of hydrogen-bond acceptors (Lipinski definition) is 4. The van der Waals surface area contributed by atoms with Crippen molar-refractivity contribution in [3.8, 4) is 11.5 Å². The second-order valence-corrected chi connectivity index (χ2v) is 8.14. The van der Waals surface area contributed by atoms with Crippen molar-refractivity contribution in [2.24, 2.45) is 0 Å². The fraction of sp³-hybridized carbons (Fsp3) is 0.370. The van der Waals surface area contributed by atoms with Gasteiger partial charge in [0.25, 0.3) is 0 Å². The Bertz CT molecular complexity index is 1170. The molecule has 1 N–H and O–H groups in total. The summed E-state index contributed by atoms with van der Waals surface area (Å²) in [6, 6.07) is 9.59. The third kappa shape index (κ3) is 4.24. The maximum absolute atomic E-state index is 12.9. The predicted molar refractivity (Wildman–Crippen MR) is 129 cm³/mol. The summed E-state index contributed by atoms with van der Waals surface area (Å²) in [5, 5.41) is 4.09. The number of ether oxygens (including phenoxy) is 2. The van der Waals surface area contributed by atoms with Crippen LogP contribution < -0.4 is 14.8 Å². The number of carbonyl (C=O) groups is 1. The van der Waals surface area contributed by atoms with Gasteiger partial charge in [-0.15, -0.1) is 0 Å². The molecule has 1 aromatic heterocycles. The van der Waals surface area contributed by atoms with Gasteiger partial charge in [0.15, 0.2) is 0 Å². The molecular formula is C27H31NO4. The summed E-state index contributed by atoms with van der Waals surface area (Å²) in [6.07, 6.45) is 5.99. The van der Waals surface area contributed by atoms with E-state index in [1.807, 2.05) is 52.0 Å². The first kappa shape index (κ1) is 22.0. The zero-order valence-electron chi connectivity index (χ0n) is 19.3. The molecule has 0 fully saturated rings. The molecule has 1 aliphatic carbocycles. The van der Waals surface area contributed by atoms with Crippen LogP contribution in [0.5, 0.6) is 11.5 Å². The van der Waals surface area contributed by atoms with Crippen LogP contribution in [0.2, 0.25) is 0 Å². The SMILES string of the molecule is CCOc1ccccc1NC(=O)/C=C(\C)c1cc2c3c(oc2c(C)c1OCC)CCCC3. The van der Waals surface area contributed by atoms with Crippen LogP contribution >= 0.6 is 0 Å². The first-order valence-electron chi connectivity index (χ1n) is 11.5. The number of amides is 1. The van der Waals surface area contributed by atoms with E-state index in [0.717, 1.165) is 52.0 Å². The molecule has 2 aromatic carbocycles. The molecule has 1 aliphatic rings. The van der Waals surface area contributed by atoms with Gasteiger partial charge in [0.1, 0.15) is 22.8 Å². The molecule has 0 saturated heterocycles. The monoisotopic (exact) mass is 433 g/mol. The van der Waals surface area contributed by atoms with Crippen LogP contribution in [-0.2, 0) is 17.6 Å². The Labute approximate surface area is 189 Å². The lowest BCUT2D eigenvalue weighted by Gasteiger charge is -2.15. The summed E-state index contributed by atoms with van der Waals surface area (Å²) in [7, 11) is 0. The Morgan fingerprint density at radius 1 is 1.12 bits per heavy atom. The lowest BCUT2D eigenvalue weighted by Crippen LogP contribution is -2.10. The van der Waals surface area contributed by atoms with Gasteiger partial charge in [0.05, 0.1) is 18.9 Å². The Morgan fingerprint density at radius 2 is 1.88 bits per heavy atom. The minimum atomic E-state index is -0.205. The predicted octanol–water partition coefficient (Wildman–Crippen LogP) is 6.46. The smallest absolute Gasteiger partial charge is 0.248 e. The minimum absolute atomic E-state index is 0.205. The third-order valence-corrected chi connectivity index (χ3v) is 5.93. The number of rotatable bonds is 7. The minimum Gasteiger partial charge on any atom is -0.493 e. The van der Waals surface area contributed by atoms with Crippen LogP contribution in [0.4, 0.5) is 5.69 Å². The lowest BCUT2D eigenvalue weighted by molar-refractivity contribution is -0.111. The first-order chi connectivity index (χ1) is 15.5. The van der Waals surface area contributed by atoms with E-state index in [9.17, 15) is 4.79 Å². The zero-order valence-corrected chi connectivity index (χ0v) is 19.3. The average Bonchev–Trinajstić information content (AvgIpc) is 3.16. The molecule has 5 nitrogen and oxygen atoms in total. The molecule has 1 heterocycles. The molecule has 0 radical (unpaired) electrons. The zero-order chi connectivity index (χ0) is 22.7. The van der Waals surface area contributed by atoms with E-state index in [1.54, 1.807) is 6.08 Å². The summed E-state index contributed by atoms with van der Waals surface area (Å²) < 4.78 is 17.9. The van der Waals surface area contributed by atoms with Crippen LogP contribution in [0, 0.1) is 6.92 Å². The molecule has 0 saturated carbocycles. The normalized spacial score (nSPS) is 13.7. The molecule has 32 heavy (non-hydrogen) atoms. The maximum Gasteiger partial charge on any atom is 0.248 e. The number of nitrogens with one attached hydrogen (secondary N) is 1. The van der Waals surface area contributed by atoms with E-state index in [4.69, 9.17) is 13.9 Å². The van der Waals surface area contributed by atoms with Crippen molar-refractivity contribution >= 4 is 28.1 Å². The number of hydrogen-bond donors (Lipinski definition) is 1. The highest BCUT2D eigenvalue weighted by atomic mass is 16.5. The van der Waals surface area contributed by atoms with E-state index < -0.39 is 0 Å². The van der Waals surface area contributed by atoms with Crippen molar-refractivity contribution in [3.05, 3.63) is 58.9 Å². The van der Waals surface area contributed by atoms with E-state index in [-0.39, 0.29) is 5.91 Å². The van der Waals surface area contributed by atoms with Crippen molar-refractivity contribution in [1.82, 2.24) is 0 Å². The summed E-state index contributed by atoms with van der Waals surface area (Å²) in [6.45, 7) is 8.96. The standard InChI is InChI=1S/C27H31NO4/c1-5-30-24-14-10-8-12-22(24)28-25(29)15-17(3)20-16-21-19-11-7-9-13-23(19)32-27(21)18(4)26(20)31-6-2/h8,10,12,14-16H,5-7,9,11,13H2,1-4H3,(H,28,29)/b17-15+. The second kappa shape index (κ2) is 9.51. The van der Waals surface area contributed by atoms with Gasteiger partial charge in [0.2, 0.25) is 5.91 Å². The average molecular weight is 434 g/mol. The molecule has 3 aromatic rings. The molecule has 5 heteroatoms. The largest absolute Gasteiger partial charge is 0.493 e. The Hall–Kier alpha value is -3.21. The Kier molecular flexibility index (Phi) is 6.54. The number of fused-ring (bicyclic) bond motifs is 3.